The molecule has 0 spiro atoms. The predicted octanol–water partition coefficient (Wildman–Crippen LogP) is 22.9. The quantitative estimate of drug-likeness (QED) is 0.129. The largest absolute Gasteiger partial charge is 0.457 e. The van der Waals surface area contributed by atoms with Gasteiger partial charge >= 0.3 is 0 Å². The molecular weight excluding hydrogens is 1070 g/mol. The molecule has 0 amide bonds. The highest BCUT2D eigenvalue weighted by Crippen LogP contribution is 2.52. The number of ether oxygens (including phenoxy) is 2. The summed E-state index contributed by atoms with van der Waals surface area (Å²) in [4.78, 5) is 8.95. The Morgan fingerprint density at radius 2 is 0.909 bits per heavy atom. The summed E-state index contributed by atoms with van der Waals surface area (Å²) in [6.07, 6.45) is 1.67. The Morgan fingerprint density at radius 1 is 0.386 bits per heavy atom. The fraction of sp³-hybridized carbons (Fsp3) is 0.207. The number of nitrogens with zero attached hydrogens (tertiary/aromatic N) is 4. The molecule has 0 saturated heterocycles. The molecule has 6 heteroatoms. The van der Waals surface area contributed by atoms with Gasteiger partial charge in [-0.3, -0.25) is 4.57 Å². The lowest BCUT2D eigenvalue weighted by Crippen LogP contribution is -2.24. The van der Waals surface area contributed by atoms with E-state index in [1.807, 2.05) is 88.7 Å². The molecule has 0 saturated carbocycles. The number of benzene rings is 10. The maximum absolute atomic E-state index is 9.43. The van der Waals surface area contributed by atoms with Crippen LogP contribution in [0.1, 0.15) is 126 Å². The second kappa shape index (κ2) is 22.3. The van der Waals surface area contributed by atoms with Crippen molar-refractivity contribution in [2.75, 3.05) is 16.5 Å². The summed E-state index contributed by atoms with van der Waals surface area (Å²) >= 11 is 0. The fourth-order valence-corrected chi connectivity index (χ4v) is 11.6. The number of anilines is 4. The van der Waals surface area contributed by atoms with Crippen molar-refractivity contribution >= 4 is 44.6 Å². The highest BCUT2D eigenvalue weighted by molar-refractivity contribution is 6.10. The van der Waals surface area contributed by atoms with Crippen LogP contribution < -0.4 is 19.3 Å². The molecule has 12 aromatic rings. The van der Waals surface area contributed by atoms with Gasteiger partial charge < -0.3 is 19.3 Å². The van der Waals surface area contributed by atoms with Crippen molar-refractivity contribution < 1.29 is 30.0 Å². The number of pyridine rings is 1. The third-order valence-corrected chi connectivity index (χ3v) is 16.4. The Kier molecular flexibility index (Phi) is 10.7. The summed E-state index contributed by atoms with van der Waals surface area (Å²) in [6.45, 7) is 25.9. The van der Waals surface area contributed by atoms with E-state index in [-0.39, 0.29) is 68.5 Å². The van der Waals surface area contributed by atoms with Crippen LogP contribution >= 0.6 is 0 Å². The molecule has 1 aliphatic heterocycles. The Bertz CT molecular complexity index is 5320. The molecule has 13 rings (SSSR count). The van der Waals surface area contributed by atoms with Gasteiger partial charge in [0.25, 0.3) is 0 Å². The van der Waals surface area contributed by atoms with Gasteiger partial charge in [0.1, 0.15) is 35.5 Å². The Balaban J connectivity index is 0.942. The maximum Gasteiger partial charge on any atom is 0.143 e. The summed E-state index contributed by atoms with van der Waals surface area (Å²) in [5.41, 5.74) is 8.71. The molecule has 438 valence electrons. The number of hydrogen-bond acceptors (Lipinski definition) is 5. The van der Waals surface area contributed by atoms with E-state index >= 15 is 0 Å². The van der Waals surface area contributed by atoms with Crippen molar-refractivity contribution in [1.82, 2.24) is 9.55 Å². The molecule has 6 nitrogen and oxygen atoms in total. The minimum absolute atomic E-state index is 0.00762. The fourth-order valence-electron chi connectivity index (χ4n) is 11.6. The third kappa shape index (κ3) is 11.1. The average Bonchev–Trinajstić information content (AvgIpc) is 1.69. The van der Waals surface area contributed by atoms with Crippen molar-refractivity contribution in [2.24, 2.45) is 0 Å². The van der Waals surface area contributed by atoms with E-state index in [1.54, 1.807) is 30.5 Å². The van der Waals surface area contributed by atoms with Crippen LogP contribution in [-0.4, -0.2) is 16.2 Å². The monoisotopic (exact) mass is 1170 g/mol. The van der Waals surface area contributed by atoms with Gasteiger partial charge in [0.05, 0.1) is 48.7 Å². The van der Waals surface area contributed by atoms with E-state index in [0.717, 1.165) is 49.6 Å². The molecule has 3 heterocycles. The first-order chi connectivity index (χ1) is 48.3. The van der Waals surface area contributed by atoms with E-state index < -0.39 is 84.0 Å². The molecule has 0 aliphatic carbocycles. The van der Waals surface area contributed by atoms with Crippen LogP contribution in [0.2, 0.25) is 0 Å². The molecule has 0 atom stereocenters. The molecule has 0 bridgehead atoms. The van der Waals surface area contributed by atoms with Gasteiger partial charge in [-0.15, -0.1) is 0 Å². The lowest BCUT2D eigenvalue weighted by molar-refractivity contribution is 0.483. The SMILES string of the molecule is [2H]c1c([2H])c([2H])c(-c2cc(C(C)(C)C)cc(-c3cc(C(C)(C)C)cc(C(C)(C)C)c3)c2Oc2ccnc(-n3c4ccc(C(C)(C)C)cc4c4ccc(Oc5cccc(N6CN(c7c(-c8c([2H])c([2H])c([2H])c([2H])c8[2H])cccc7-c7c([2H])c([2H])c([2H])c([2H])c7[2H])c7ccccc76)c5)cc43)c2)c([2H])c1[2H]. The summed E-state index contributed by atoms with van der Waals surface area (Å²) < 4.78 is 150. The molecule has 2 aromatic heterocycles. The number of hydrogen-bond donors (Lipinski definition) is 0. The Hall–Kier alpha value is -9.65. The van der Waals surface area contributed by atoms with Gasteiger partial charge in [-0.2, -0.15) is 0 Å². The molecule has 10 aromatic carbocycles. The van der Waals surface area contributed by atoms with Gasteiger partial charge in [0.15, 0.2) is 0 Å². The summed E-state index contributed by atoms with van der Waals surface area (Å²) in [7, 11) is 0. The molecule has 1 aliphatic rings. The lowest BCUT2D eigenvalue weighted by Gasteiger charge is -2.28. The van der Waals surface area contributed by atoms with Crippen molar-refractivity contribution in [3.63, 3.8) is 0 Å². The van der Waals surface area contributed by atoms with Gasteiger partial charge in [-0.05, 0) is 133 Å². The predicted molar refractivity (Wildman–Crippen MR) is 370 cm³/mol. The zero-order valence-electron chi connectivity index (χ0n) is 66.7. The topological polar surface area (TPSA) is 42.8 Å². The molecule has 0 fully saturated rings. The number of fused-ring (bicyclic) bond motifs is 4. The third-order valence-electron chi connectivity index (χ3n) is 16.4. The Labute approximate surface area is 541 Å². The highest BCUT2D eigenvalue weighted by Gasteiger charge is 2.32. The van der Waals surface area contributed by atoms with Gasteiger partial charge in [0, 0.05) is 63.1 Å². The van der Waals surface area contributed by atoms with Crippen molar-refractivity contribution in [2.45, 2.75) is 105 Å². The Morgan fingerprint density at radius 3 is 1.50 bits per heavy atom. The smallest absolute Gasteiger partial charge is 0.143 e. The average molecular weight is 1170 g/mol. The van der Waals surface area contributed by atoms with Crippen LogP contribution in [-0.2, 0) is 21.7 Å². The molecule has 88 heavy (non-hydrogen) atoms. The van der Waals surface area contributed by atoms with E-state index in [2.05, 4.69) is 130 Å². The summed E-state index contributed by atoms with van der Waals surface area (Å²) in [5, 5.41) is 1.87. The molecule has 0 radical (unpaired) electrons. The minimum Gasteiger partial charge on any atom is -0.457 e. The van der Waals surface area contributed by atoms with Gasteiger partial charge in [-0.1, -0.05) is 234 Å². The normalized spacial score (nSPS) is 15.3. The first kappa shape index (κ1) is 42.2. The first-order valence-corrected chi connectivity index (χ1v) is 29.7. The lowest BCUT2D eigenvalue weighted by atomic mass is 9.77. The standard InChI is InChI=1S/C82H78N4O2/c1-79(2,3)58-38-41-72-71(47-58)68-40-39-64(87-63-33-24-32-62(50-63)84-53-85(74-37-23-22-36-73(74)84)77-66(54-26-16-13-17-27-54)34-25-35-67(77)55-28-18-14-19-29-55)51-75(68)86(72)76-52-65(42-43-83-76)88-78-69(56-30-20-15-21-31-56)48-61(82(10,11)12)49-70(78)57-44-59(80(4,5)6)46-60(45-57)81(7,8)9/h13-52H,53H2,1-12H3/i13D,14D,15D,16D,17D,18D,19D,20D,21D,26D,27D,28D,29D,30D,31D. The molecule has 0 unspecified atom stereocenters. The maximum atomic E-state index is 9.43. The summed E-state index contributed by atoms with van der Waals surface area (Å²) in [6, 6.07) is 38.9. The molecular formula is C82H78N4O2. The van der Waals surface area contributed by atoms with Crippen LogP contribution in [0.4, 0.5) is 22.7 Å². The first-order valence-electron chi connectivity index (χ1n) is 37.2. The zero-order valence-corrected chi connectivity index (χ0v) is 51.7. The second-order valence-electron chi connectivity index (χ2n) is 26.7. The second-order valence-corrected chi connectivity index (χ2v) is 26.7. The summed E-state index contributed by atoms with van der Waals surface area (Å²) in [5.74, 6) is 2.09. The number of rotatable bonds is 11. The van der Waals surface area contributed by atoms with Crippen LogP contribution in [0.15, 0.2) is 242 Å². The van der Waals surface area contributed by atoms with Crippen molar-refractivity contribution in [3.8, 4) is 73.3 Å². The van der Waals surface area contributed by atoms with E-state index in [9.17, 15) is 8.22 Å². The van der Waals surface area contributed by atoms with E-state index in [4.69, 9.17) is 26.8 Å². The van der Waals surface area contributed by atoms with Gasteiger partial charge in [0.2, 0.25) is 0 Å². The van der Waals surface area contributed by atoms with Crippen LogP contribution in [0, 0.1) is 0 Å². The van der Waals surface area contributed by atoms with Crippen LogP contribution in [0.3, 0.4) is 0 Å². The zero-order chi connectivity index (χ0) is 74.3. The van der Waals surface area contributed by atoms with Crippen LogP contribution in [0.25, 0.3) is 72.1 Å². The van der Waals surface area contributed by atoms with E-state index in [1.165, 1.54) is 0 Å². The van der Waals surface area contributed by atoms with Crippen molar-refractivity contribution in [1.29, 1.82) is 0 Å². The minimum atomic E-state index is -0.580. The highest BCUT2D eigenvalue weighted by atomic mass is 16.5. The van der Waals surface area contributed by atoms with E-state index in [0.29, 0.717) is 57.0 Å². The van der Waals surface area contributed by atoms with Gasteiger partial charge in [-0.25, -0.2) is 4.98 Å². The van der Waals surface area contributed by atoms with Crippen LogP contribution in [0.5, 0.6) is 23.0 Å². The number of para-hydroxylation sites is 3. The molecule has 0 N–H and O–H groups in total. The number of aromatic nitrogens is 2. The van der Waals surface area contributed by atoms with Crippen molar-refractivity contribution in [3.05, 3.63) is 265 Å².